The van der Waals surface area contributed by atoms with Crippen LogP contribution in [0, 0.1) is 0 Å². The van der Waals surface area contributed by atoms with E-state index in [-0.39, 0.29) is 18.3 Å². The number of rotatable bonds is 9. The van der Waals surface area contributed by atoms with Crippen molar-refractivity contribution in [1.82, 2.24) is 9.88 Å². The molecule has 0 fully saturated rings. The lowest BCUT2D eigenvalue weighted by Crippen LogP contribution is -2.30. The summed E-state index contributed by atoms with van der Waals surface area (Å²) in [5, 5.41) is 4.07. The normalized spacial score (nSPS) is 10.6. The lowest BCUT2D eigenvalue weighted by atomic mass is 10.1. The van der Waals surface area contributed by atoms with Crippen molar-refractivity contribution in [2.75, 3.05) is 20.3 Å². The minimum atomic E-state index is -0.199. The summed E-state index contributed by atoms with van der Waals surface area (Å²) in [6, 6.07) is 15.2. The Bertz CT molecular complexity index is 978. The Morgan fingerprint density at radius 1 is 1.07 bits per heavy atom. The van der Waals surface area contributed by atoms with Gasteiger partial charge in [-0.15, -0.1) is 0 Å². The van der Waals surface area contributed by atoms with E-state index in [0.29, 0.717) is 23.6 Å². The van der Waals surface area contributed by atoms with Gasteiger partial charge >= 0.3 is 0 Å². The van der Waals surface area contributed by atoms with E-state index in [2.05, 4.69) is 34.3 Å². The number of aromatic nitrogens is 1. The largest absolute Gasteiger partial charge is 0.493 e. The molecule has 1 amide bonds. The lowest BCUT2D eigenvalue weighted by molar-refractivity contribution is -0.123. The third kappa shape index (κ3) is 4.71. The van der Waals surface area contributed by atoms with Gasteiger partial charge in [0.25, 0.3) is 5.91 Å². The van der Waals surface area contributed by atoms with Gasteiger partial charge in [-0.3, -0.25) is 9.59 Å². The predicted molar refractivity (Wildman–Crippen MR) is 108 cm³/mol. The third-order valence-corrected chi connectivity index (χ3v) is 4.51. The molecule has 3 rings (SSSR count). The van der Waals surface area contributed by atoms with E-state index >= 15 is 0 Å². The molecule has 0 aliphatic carbocycles. The summed E-state index contributed by atoms with van der Waals surface area (Å²) in [6.45, 7) is 2.77. The van der Waals surface area contributed by atoms with Gasteiger partial charge < -0.3 is 19.4 Å². The second-order valence-corrected chi connectivity index (χ2v) is 6.48. The number of hydrogen-bond acceptors (Lipinski definition) is 4. The molecule has 0 saturated carbocycles. The molecule has 28 heavy (non-hydrogen) atoms. The third-order valence-electron chi connectivity index (χ3n) is 4.51. The first-order valence-corrected chi connectivity index (χ1v) is 9.21. The molecule has 0 saturated heterocycles. The lowest BCUT2D eigenvalue weighted by Gasteiger charge is -2.12. The molecule has 0 aliphatic heterocycles. The number of nitrogens with zero attached hydrogens (tertiary/aromatic N) is 1. The maximum atomic E-state index is 12.0. The first-order valence-electron chi connectivity index (χ1n) is 9.21. The highest BCUT2D eigenvalue weighted by molar-refractivity contribution is 5.94. The molecule has 0 bridgehead atoms. The molecule has 0 aliphatic rings. The highest BCUT2D eigenvalue weighted by Crippen LogP contribution is 2.28. The van der Waals surface area contributed by atoms with Crippen molar-refractivity contribution >= 4 is 22.6 Å². The zero-order valence-corrected chi connectivity index (χ0v) is 16.1. The number of methoxy groups -OCH3 is 1. The standard InChI is InChI=1S/C22H24N2O4/c1-16(25)18-8-9-20(21(14-18)27-2)28-15-22(26)23-11-5-12-24-13-10-17-6-3-4-7-19(17)24/h3-4,6-10,13-14H,5,11-12,15H2,1-2H3,(H,23,26). The van der Waals surface area contributed by atoms with Crippen molar-refractivity contribution in [3.05, 3.63) is 60.3 Å². The van der Waals surface area contributed by atoms with Crippen molar-refractivity contribution in [1.29, 1.82) is 0 Å². The maximum absolute atomic E-state index is 12.0. The maximum Gasteiger partial charge on any atom is 0.257 e. The molecule has 0 atom stereocenters. The predicted octanol–water partition coefficient (Wildman–Crippen LogP) is 3.44. The second kappa shape index (κ2) is 9.08. The van der Waals surface area contributed by atoms with Gasteiger partial charge in [0.2, 0.25) is 0 Å². The summed E-state index contributed by atoms with van der Waals surface area (Å²) in [4.78, 5) is 23.5. The van der Waals surface area contributed by atoms with E-state index in [1.807, 2.05) is 12.1 Å². The van der Waals surface area contributed by atoms with Crippen LogP contribution in [-0.2, 0) is 11.3 Å². The zero-order chi connectivity index (χ0) is 19.9. The number of Topliss-reactive ketones (excluding diaryl/α,β-unsaturated/α-hetero) is 1. The number of ketones is 1. The molecule has 2 aromatic carbocycles. The number of nitrogens with one attached hydrogen (secondary N) is 1. The molecule has 6 nitrogen and oxygen atoms in total. The molecular weight excluding hydrogens is 356 g/mol. The monoisotopic (exact) mass is 380 g/mol. The van der Waals surface area contributed by atoms with Crippen LogP contribution in [0.25, 0.3) is 10.9 Å². The summed E-state index contributed by atoms with van der Waals surface area (Å²) < 4.78 is 12.9. The Kier molecular flexibility index (Phi) is 6.32. The number of benzene rings is 2. The van der Waals surface area contributed by atoms with Gasteiger partial charge in [0.05, 0.1) is 7.11 Å². The minimum absolute atomic E-state index is 0.0573. The van der Waals surface area contributed by atoms with E-state index in [4.69, 9.17) is 9.47 Å². The van der Waals surface area contributed by atoms with Crippen molar-refractivity contribution in [3.63, 3.8) is 0 Å². The summed E-state index contributed by atoms with van der Waals surface area (Å²) in [5.41, 5.74) is 1.73. The van der Waals surface area contributed by atoms with Crippen molar-refractivity contribution in [2.24, 2.45) is 0 Å². The second-order valence-electron chi connectivity index (χ2n) is 6.48. The van der Waals surface area contributed by atoms with Crippen LogP contribution >= 0.6 is 0 Å². The number of hydrogen-bond donors (Lipinski definition) is 1. The van der Waals surface area contributed by atoms with E-state index in [1.54, 1.807) is 18.2 Å². The van der Waals surface area contributed by atoms with Gasteiger partial charge in [0, 0.05) is 30.4 Å². The molecule has 146 valence electrons. The van der Waals surface area contributed by atoms with Crippen LogP contribution < -0.4 is 14.8 Å². The van der Waals surface area contributed by atoms with Crippen molar-refractivity contribution in [2.45, 2.75) is 19.9 Å². The number of amides is 1. The molecule has 0 radical (unpaired) electrons. The SMILES string of the molecule is COc1cc(C(C)=O)ccc1OCC(=O)NCCCn1ccc2ccccc21. The first-order chi connectivity index (χ1) is 13.6. The summed E-state index contributed by atoms with van der Waals surface area (Å²) in [7, 11) is 1.50. The van der Waals surface area contributed by atoms with E-state index in [9.17, 15) is 9.59 Å². The average Bonchev–Trinajstić information content (AvgIpc) is 3.12. The Morgan fingerprint density at radius 3 is 2.68 bits per heavy atom. The van der Waals surface area contributed by atoms with Gasteiger partial charge in [-0.25, -0.2) is 0 Å². The zero-order valence-electron chi connectivity index (χ0n) is 16.1. The first kappa shape index (κ1) is 19.5. The highest BCUT2D eigenvalue weighted by Gasteiger charge is 2.10. The van der Waals surface area contributed by atoms with Crippen LogP contribution in [0.3, 0.4) is 0 Å². The summed E-state index contributed by atoms with van der Waals surface area (Å²) >= 11 is 0. The minimum Gasteiger partial charge on any atom is -0.493 e. The van der Waals surface area contributed by atoms with Gasteiger partial charge in [0.15, 0.2) is 23.9 Å². The van der Waals surface area contributed by atoms with Crippen LogP contribution in [0.1, 0.15) is 23.7 Å². The van der Waals surface area contributed by atoms with E-state index in [0.717, 1.165) is 13.0 Å². The van der Waals surface area contributed by atoms with Crippen LogP contribution in [0.2, 0.25) is 0 Å². The quantitative estimate of drug-likeness (QED) is 0.456. The molecule has 1 heterocycles. The number of aryl methyl sites for hydroxylation is 1. The molecule has 1 aromatic heterocycles. The van der Waals surface area contributed by atoms with Crippen molar-refractivity contribution in [3.8, 4) is 11.5 Å². The molecule has 0 unspecified atom stereocenters. The number of para-hydroxylation sites is 1. The Balaban J connectivity index is 1.44. The van der Waals surface area contributed by atoms with Gasteiger partial charge in [-0.2, -0.15) is 0 Å². The van der Waals surface area contributed by atoms with Gasteiger partial charge in [-0.05, 0) is 49.1 Å². The Hall–Kier alpha value is -3.28. The summed E-state index contributed by atoms with van der Waals surface area (Å²) in [6.07, 6.45) is 2.88. The molecule has 1 N–H and O–H groups in total. The fraction of sp³-hybridized carbons (Fsp3) is 0.273. The summed E-state index contributed by atoms with van der Waals surface area (Å²) in [5.74, 6) is 0.606. The number of carbonyl (C=O) groups is 2. The van der Waals surface area contributed by atoms with Gasteiger partial charge in [0.1, 0.15) is 0 Å². The van der Waals surface area contributed by atoms with Crippen LogP contribution in [-0.4, -0.2) is 36.5 Å². The van der Waals surface area contributed by atoms with Crippen LogP contribution in [0.5, 0.6) is 11.5 Å². The van der Waals surface area contributed by atoms with Crippen molar-refractivity contribution < 1.29 is 19.1 Å². The fourth-order valence-corrected chi connectivity index (χ4v) is 3.01. The molecule has 0 spiro atoms. The number of carbonyl (C=O) groups excluding carboxylic acids is 2. The smallest absolute Gasteiger partial charge is 0.257 e. The van der Waals surface area contributed by atoms with E-state index < -0.39 is 0 Å². The van der Waals surface area contributed by atoms with Crippen LogP contribution in [0.4, 0.5) is 0 Å². The highest BCUT2D eigenvalue weighted by atomic mass is 16.5. The topological polar surface area (TPSA) is 69.6 Å². The average molecular weight is 380 g/mol. The molecular formula is C22H24N2O4. The Morgan fingerprint density at radius 2 is 1.89 bits per heavy atom. The molecule has 3 aromatic rings. The van der Waals surface area contributed by atoms with E-state index in [1.165, 1.54) is 24.9 Å². The van der Waals surface area contributed by atoms with Gasteiger partial charge in [-0.1, -0.05) is 18.2 Å². The van der Waals surface area contributed by atoms with Crippen LogP contribution in [0.15, 0.2) is 54.7 Å². The number of ether oxygens (including phenoxy) is 2. The Labute approximate surface area is 164 Å². The number of fused-ring (bicyclic) bond motifs is 1. The fourth-order valence-electron chi connectivity index (χ4n) is 3.01. The molecule has 6 heteroatoms.